The van der Waals surface area contributed by atoms with Crippen LogP contribution in [0.5, 0.6) is 5.75 Å². The number of ether oxygens (including phenoxy) is 1. The van der Waals surface area contributed by atoms with Crippen LogP contribution in [-0.2, 0) is 6.42 Å². The van der Waals surface area contributed by atoms with E-state index in [1.807, 2.05) is 55.5 Å². The Labute approximate surface area is 217 Å². The van der Waals surface area contributed by atoms with E-state index < -0.39 is 5.91 Å². The first-order valence-corrected chi connectivity index (χ1v) is 12.1. The standard InChI is InChI=1S/C29H23N5O4/c1-16-19(6-4-8-24(16)34-15-31-23-7-3-2-5-21(23)29(34)37)26-25-20-10-9-18(38-12-11-35)13-17(20)14-22(25)27(28(30)36)33-32-26/h2-10,13,15,35H,11-12,14H2,1H3,(H2,30,36). The van der Waals surface area contributed by atoms with Gasteiger partial charge in [0.2, 0.25) is 0 Å². The summed E-state index contributed by atoms with van der Waals surface area (Å²) in [6, 6.07) is 18.5. The molecule has 0 unspecified atom stereocenters. The van der Waals surface area contributed by atoms with Crippen molar-refractivity contribution in [1.82, 2.24) is 19.7 Å². The van der Waals surface area contributed by atoms with Crippen LogP contribution in [0.1, 0.15) is 27.2 Å². The Hall–Kier alpha value is -4.89. The van der Waals surface area contributed by atoms with Crippen LogP contribution in [0.2, 0.25) is 0 Å². The molecule has 188 valence electrons. The van der Waals surface area contributed by atoms with Crippen LogP contribution in [0.3, 0.4) is 0 Å². The lowest BCUT2D eigenvalue weighted by Gasteiger charge is -2.16. The van der Waals surface area contributed by atoms with Crippen molar-refractivity contribution in [3.8, 4) is 33.8 Å². The molecule has 0 saturated carbocycles. The Morgan fingerprint density at radius 1 is 1.08 bits per heavy atom. The molecule has 3 aromatic carbocycles. The zero-order valence-corrected chi connectivity index (χ0v) is 20.5. The zero-order chi connectivity index (χ0) is 26.4. The number of aliphatic hydroxyl groups is 1. The predicted octanol–water partition coefficient (Wildman–Crippen LogP) is 3.19. The first-order chi connectivity index (χ1) is 18.5. The molecule has 0 radical (unpaired) electrons. The van der Waals surface area contributed by atoms with Crippen LogP contribution in [0, 0.1) is 6.92 Å². The van der Waals surface area contributed by atoms with E-state index in [-0.39, 0.29) is 24.5 Å². The Balaban J connectivity index is 1.54. The average Bonchev–Trinajstić information content (AvgIpc) is 3.31. The first kappa shape index (κ1) is 23.5. The molecule has 2 aromatic heterocycles. The summed E-state index contributed by atoms with van der Waals surface area (Å²) in [5.41, 5.74) is 12.4. The molecule has 0 aliphatic heterocycles. The molecule has 1 aliphatic rings. The van der Waals surface area contributed by atoms with E-state index in [1.54, 1.807) is 12.1 Å². The van der Waals surface area contributed by atoms with E-state index in [2.05, 4.69) is 15.2 Å². The molecule has 1 amide bonds. The summed E-state index contributed by atoms with van der Waals surface area (Å²) in [7, 11) is 0. The molecule has 1 aliphatic carbocycles. The van der Waals surface area contributed by atoms with Crippen molar-refractivity contribution >= 4 is 16.8 Å². The molecule has 9 heteroatoms. The van der Waals surface area contributed by atoms with Gasteiger partial charge in [-0.3, -0.25) is 14.2 Å². The fourth-order valence-corrected chi connectivity index (χ4v) is 5.11. The van der Waals surface area contributed by atoms with Gasteiger partial charge in [-0.05, 0) is 59.5 Å². The lowest BCUT2D eigenvalue weighted by molar-refractivity contribution is 0.0994. The highest BCUT2D eigenvalue weighted by molar-refractivity contribution is 5.99. The maximum absolute atomic E-state index is 13.3. The van der Waals surface area contributed by atoms with Gasteiger partial charge in [0.15, 0.2) is 5.69 Å². The number of hydrogen-bond acceptors (Lipinski definition) is 7. The van der Waals surface area contributed by atoms with E-state index in [0.717, 1.165) is 27.8 Å². The fraction of sp³-hybridized carbons (Fsp3) is 0.138. The van der Waals surface area contributed by atoms with Gasteiger partial charge in [-0.1, -0.05) is 30.3 Å². The van der Waals surface area contributed by atoms with Crippen molar-refractivity contribution in [2.24, 2.45) is 5.73 Å². The number of para-hydroxylation sites is 1. The third kappa shape index (κ3) is 3.72. The van der Waals surface area contributed by atoms with Crippen molar-refractivity contribution < 1.29 is 14.6 Å². The molecule has 3 N–H and O–H groups in total. The van der Waals surface area contributed by atoms with Crippen molar-refractivity contribution in [2.45, 2.75) is 13.3 Å². The maximum Gasteiger partial charge on any atom is 0.269 e. The number of aliphatic hydroxyl groups excluding tert-OH is 1. The monoisotopic (exact) mass is 505 g/mol. The summed E-state index contributed by atoms with van der Waals surface area (Å²) >= 11 is 0. The maximum atomic E-state index is 13.3. The number of nitrogens with zero attached hydrogens (tertiary/aromatic N) is 4. The molecule has 0 spiro atoms. The number of primary amides is 1. The molecule has 2 heterocycles. The van der Waals surface area contributed by atoms with E-state index in [4.69, 9.17) is 15.6 Å². The summed E-state index contributed by atoms with van der Waals surface area (Å²) < 4.78 is 7.12. The summed E-state index contributed by atoms with van der Waals surface area (Å²) in [6.45, 7) is 2.01. The van der Waals surface area contributed by atoms with Gasteiger partial charge in [-0.2, -0.15) is 0 Å². The Morgan fingerprint density at radius 3 is 2.74 bits per heavy atom. The van der Waals surface area contributed by atoms with Gasteiger partial charge < -0.3 is 15.6 Å². The van der Waals surface area contributed by atoms with Crippen molar-refractivity contribution in [3.05, 3.63) is 99.7 Å². The molecule has 0 atom stereocenters. The highest BCUT2D eigenvalue weighted by Crippen LogP contribution is 2.44. The SMILES string of the molecule is Cc1c(-c2nnc(C(N)=O)c3c2-c2ccc(OCCO)cc2C3)cccc1-n1cnc2ccccc2c1=O. The Bertz CT molecular complexity index is 1810. The summed E-state index contributed by atoms with van der Waals surface area (Å²) in [5, 5.41) is 18.3. The minimum Gasteiger partial charge on any atom is -0.491 e. The predicted molar refractivity (Wildman–Crippen MR) is 142 cm³/mol. The molecule has 9 nitrogen and oxygen atoms in total. The topological polar surface area (TPSA) is 133 Å². The smallest absolute Gasteiger partial charge is 0.269 e. The Kier molecular flexibility index (Phi) is 5.69. The summed E-state index contributed by atoms with van der Waals surface area (Å²) in [6.07, 6.45) is 1.97. The number of amides is 1. The average molecular weight is 506 g/mol. The van der Waals surface area contributed by atoms with E-state index in [1.165, 1.54) is 10.9 Å². The molecule has 0 fully saturated rings. The highest BCUT2D eigenvalue weighted by Gasteiger charge is 2.30. The molecule has 0 bridgehead atoms. The fourth-order valence-electron chi connectivity index (χ4n) is 5.11. The van der Waals surface area contributed by atoms with Gasteiger partial charge in [-0.15, -0.1) is 10.2 Å². The lowest BCUT2D eigenvalue weighted by Crippen LogP contribution is -2.20. The molecular formula is C29H23N5O4. The number of aromatic nitrogens is 4. The minimum atomic E-state index is -0.649. The van der Waals surface area contributed by atoms with Crippen LogP contribution < -0.4 is 16.0 Å². The first-order valence-electron chi connectivity index (χ1n) is 12.1. The zero-order valence-electron chi connectivity index (χ0n) is 20.5. The van der Waals surface area contributed by atoms with Gasteiger partial charge in [0.25, 0.3) is 11.5 Å². The molecule has 5 aromatic rings. The third-order valence-corrected chi connectivity index (χ3v) is 6.87. The highest BCUT2D eigenvalue weighted by atomic mass is 16.5. The van der Waals surface area contributed by atoms with E-state index >= 15 is 0 Å². The van der Waals surface area contributed by atoms with Gasteiger partial charge in [-0.25, -0.2) is 4.98 Å². The number of nitrogens with two attached hydrogens (primary N) is 1. The Morgan fingerprint density at radius 2 is 1.92 bits per heavy atom. The van der Waals surface area contributed by atoms with Gasteiger partial charge in [0, 0.05) is 17.5 Å². The largest absolute Gasteiger partial charge is 0.491 e. The van der Waals surface area contributed by atoms with Crippen LogP contribution in [0.15, 0.2) is 71.8 Å². The van der Waals surface area contributed by atoms with Crippen molar-refractivity contribution in [1.29, 1.82) is 0 Å². The summed E-state index contributed by atoms with van der Waals surface area (Å²) in [5.74, 6) is -0.0285. The third-order valence-electron chi connectivity index (χ3n) is 6.87. The quantitative estimate of drug-likeness (QED) is 0.355. The van der Waals surface area contributed by atoms with Gasteiger partial charge >= 0.3 is 0 Å². The van der Waals surface area contributed by atoms with Crippen LogP contribution in [0.25, 0.3) is 39.0 Å². The second-order valence-electron chi connectivity index (χ2n) is 9.07. The lowest BCUT2D eigenvalue weighted by atomic mass is 9.95. The minimum absolute atomic E-state index is 0.0907. The second kappa shape index (κ2) is 9.20. The second-order valence-corrected chi connectivity index (χ2v) is 9.07. The van der Waals surface area contributed by atoms with Crippen LogP contribution in [-0.4, -0.2) is 44.0 Å². The molecule has 38 heavy (non-hydrogen) atoms. The number of hydrogen-bond donors (Lipinski definition) is 2. The molecular weight excluding hydrogens is 482 g/mol. The normalized spacial score (nSPS) is 11.8. The number of carbonyl (C=O) groups is 1. The molecule has 6 rings (SSSR count). The van der Waals surface area contributed by atoms with Gasteiger partial charge in [0.1, 0.15) is 24.4 Å². The van der Waals surface area contributed by atoms with Crippen molar-refractivity contribution in [3.63, 3.8) is 0 Å². The van der Waals surface area contributed by atoms with Crippen LogP contribution in [0.4, 0.5) is 0 Å². The number of carbonyl (C=O) groups excluding carboxylic acids is 1. The van der Waals surface area contributed by atoms with Gasteiger partial charge in [0.05, 0.1) is 23.2 Å². The number of rotatable bonds is 6. The molecule has 0 saturated heterocycles. The van der Waals surface area contributed by atoms with Crippen LogP contribution >= 0.6 is 0 Å². The van der Waals surface area contributed by atoms with E-state index in [0.29, 0.717) is 40.0 Å². The van der Waals surface area contributed by atoms with E-state index in [9.17, 15) is 9.59 Å². The summed E-state index contributed by atoms with van der Waals surface area (Å²) in [4.78, 5) is 30.0. The number of benzene rings is 3. The number of fused-ring (bicyclic) bond motifs is 4. The van der Waals surface area contributed by atoms with Crippen molar-refractivity contribution in [2.75, 3.05) is 13.2 Å².